The lowest BCUT2D eigenvalue weighted by Crippen LogP contribution is -1.96. The molecule has 0 saturated heterocycles. The number of benzene rings is 1. The van der Waals surface area contributed by atoms with Crippen LogP contribution in [0.1, 0.15) is 37.9 Å². The van der Waals surface area contributed by atoms with E-state index in [0.29, 0.717) is 0 Å². The Kier molecular flexibility index (Phi) is 4.41. The van der Waals surface area contributed by atoms with Crippen LogP contribution in [0.3, 0.4) is 0 Å². The molecule has 14 heavy (non-hydrogen) atoms. The first kappa shape index (κ1) is 11.0. The van der Waals surface area contributed by atoms with Crippen molar-refractivity contribution < 1.29 is 5.11 Å². The Hall–Kier alpha value is -1.08. The molecule has 1 atom stereocenters. The first-order valence-electron chi connectivity index (χ1n) is 5.07. The fraction of sp³-hybridized carbons (Fsp3) is 0.385. The van der Waals surface area contributed by atoms with Gasteiger partial charge in [0, 0.05) is 0 Å². The van der Waals surface area contributed by atoms with Gasteiger partial charge < -0.3 is 5.11 Å². The van der Waals surface area contributed by atoms with Gasteiger partial charge in [0.15, 0.2) is 0 Å². The van der Waals surface area contributed by atoms with E-state index in [4.69, 9.17) is 0 Å². The standard InChI is InChI=1S/C13H18O/c1-11(2)7-6-10-13(14)12-8-4-3-5-9-12/h3-5,8-9,13-14H,1,6-7,10H2,2H3. The van der Waals surface area contributed by atoms with Gasteiger partial charge in [-0.1, -0.05) is 35.9 Å². The van der Waals surface area contributed by atoms with Gasteiger partial charge in [-0.05, 0) is 31.7 Å². The van der Waals surface area contributed by atoms with Crippen molar-refractivity contribution in [3.8, 4) is 0 Å². The van der Waals surface area contributed by atoms with Gasteiger partial charge in [0.2, 0.25) is 0 Å². The Balaban J connectivity index is 2.36. The summed E-state index contributed by atoms with van der Waals surface area (Å²) in [6, 6.07) is 9.80. The third-order valence-corrected chi connectivity index (χ3v) is 2.27. The number of hydrogen-bond acceptors (Lipinski definition) is 1. The highest BCUT2D eigenvalue weighted by Crippen LogP contribution is 2.19. The molecule has 0 amide bonds. The predicted octanol–water partition coefficient (Wildman–Crippen LogP) is 3.47. The summed E-state index contributed by atoms with van der Waals surface area (Å²) in [5.41, 5.74) is 2.19. The molecule has 0 fully saturated rings. The van der Waals surface area contributed by atoms with Crippen LogP contribution in [0.2, 0.25) is 0 Å². The van der Waals surface area contributed by atoms with E-state index >= 15 is 0 Å². The summed E-state index contributed by atoms with van der Waals surface area (Å²) in [5, 5.41) is 9.80. The van der Waals surface area contributed by atoms with Gasteiger partial charge in [-0.15, -0.1) is 6.58 Å². The van der Waals surface area contributed by atoms with E-state index in [1.54, 1.807) is 0 Å². The highest BCUT2D eigenvalue weighted by atomic mass is 16.3. The molecule has 1 nitrogen and oxygen atoms in total. The fourth-order valence-electron chi connectivity index (χ4n) is 1.44. The molecule has 1 rings (SSSR count). The van der Waals surface area contributed by atoms with Gasteiger partial charge in [0.05, 0.1) is 6.10 Å². The predicted molar refractivity (Wildman–Crippen MR) is 60.1 cm³/mol. The summed E-state index contributed by atoms with van der Waals surface area (Å²) in [7, 11) is 0. The molecule has 1 aromatic carbocycles. The minimum absolute atomic E-state index is 0.324. The van der Waals surface area contributed by atoms with Gasteiger partial charge in [-0.3, -0.25) is 0 Å². The topological polar surface area (TPSA) is 20.2 Å². The van der Waals surface area contributed by atoms with Crippen LogP contribution in [-0.4, -0.2) is 5.11 Å². The largest absolute Gasteiger partial charge is 0.388 e. The van der Waals surface area contributed by atoms with Crippen molar-refractivity contribution in [3.05, 3.63) is 48.0 Å². The second-order valence-corrected chi connectivity index (χ2v) is 3.78. The Bertz CT molecular complexity index is 277. The van der Waals surface area contributed by atoms with E-state index in [-0.39, 0.29) is 6.10 Å². The third-order valence-electron chi connectivity index (χ3n) is 2.27. The molecule has 0 heterocycles. The normalized spacial score (nSPS) is 12.4. The van der Waals surface area contributed by atoms with Crippen LogP contribution in [0.25, 0.3) is 0 Å². The van der Waals surface area contributed by atoms with E-state index in [0.717, 1.165) is 24.8 Å². The number of aliphatic hydroxyl groups is 1. The number of aliphatic hydroxyl groups excluding tert-OH is 1. The maximum Gasteiger partial charge on any atom is 0.0790 e. The minimum atomic E-state index is -0.324. The molecule has 1 unspecified atom stereocenters. The average molecular weight is 190 g/mol. The molecule has 0 bridgehead atoms. The van der Waals surface area contributed by atoms with E-state index in [2.05, 4.69) is 6.58 Å². The highest BCUT2D eigenvalue weighted by Gasteiger charge is 2.05. The monoisotopic (exact) mass is 190 g/mol. The fourth-order valence-corrected chi connectivity index (χ4v) is 1.44. The zero-order chi connectivity index (χ0) is 10.4. The van der Waals surface area contributed by atoms with E-state index in [9.17, 15) is 5.11 Å². The molecule has 1 aromatic rings. The molecule has 0 aliphatic carbocycles. The molecule has 1 N–H and O–H groups in total. The Labute approximate surface area is 86.1 Å². The van der Waals surface area contributed by atoms with Crippen molar-refractivity contribution in [1.82, 2.24) is 0 Å². The van der Waals surface area contributed by atoms with Crippen molar-refractivity contribution >= 4 is 0 Å². The molecule has 0 radical (unpaired) electrons. The summed E-state index contributed by atoms with van der Waals surface area (Å²) < 4.78 is 0. The van der Waals surface area contributed by atoms with Crippen molar-refractivity contribution in [1.29, 1.82) is 0 Å². The van der Waals surface area contributed by atoms with Gasteiger partial charge >= 0.3 is 0 Å². The number of rotatable bonds is 5. The summed E-state index contributed by atoms with van der Waals surface area (Å²) in [4.78, 5) is 0. The number of allylic oxidation sites excluding steroid dienone is 1. The highest BCUT2D eigenvalue weighted by molar-refractivity contribution is 5.17. The van der Waals surface area contributed by atoms with E-state index < -0.39 is 0 Å². The van der Waals surface area contributed by atoms with Gasteiger partial charge in [-0.2, -0.15) is 0 Å². The molecule has 0 aromatic heterocycles. The van der Waals surface area contributed by atoms with Gasteiger partial charge in [0.1, 0.15) is 0 Å². The summed E-state index contributed by atoms with van der Waals surface area (Å²) in [6.45, 7) is 5.87. The van der Waals surface area contributed by atoms with Crippen LogP contribution in [0.4, 0.5) is 0 Å². The third kappa shape index (κ3) is 3.75. The lowest BCUT2D eigenvalue weighted by atomic mass is 10.0. The second-order valence-electron chi connectivity index (χ2n) is 3.78. The lowest BCUT2D eigenvalue weighted by Gasteiger charge is -2.10. The molecule has 0 saturated carbocycles. The van der Waals surface area contributed by atoms with Crippen LogP contribution in [0.5, 0.6) is 0 Å². The minimum Gasteiger partial charge on any atom is -0.388 e. The summed E-state index contributed by atoms with van der Waals surface area (Å²) in [6.07, 6.45) is 2.50. The lowest BCUT2D eigenvalue weighted by molar-refractivity contribution is 0.164. The Morgan fingerprint density at radius 3 is 2.57 bits per heavy atom. The maximum atomic E-state index is 9.80. The summed E-state index contributed by atoms with van der Waals surface area (Å²) in [5.74, 6) is 0. The van der Waals surface area contributed by atoms with Crippen LogP contribution in [-0.2, 0) is 0 Å². The van der Waals surface area contributed by atoms with E-state index in [1.165, 1.54) is 5.57 Å². The first-order valence-corrected chi connectivity index (χ1v) is 5.07. The summed E-state index contributed by atoms with van der Waals surface area (Å²) >= 11 is 0. The molecule has 0 aliphatic heterocycles. The zero-order valence-corrected chi connectivity index (χ0v) is 8.74. The van der Waals surface area contributed by atoms with Gasteiger partial charge in [-0.25, -0.2) is 0 Å². The van der Waals surface area contributed by atoms with E-state index in [1.807, 2.05) is 37.3 Å². The van der Waals surface area contributed by atoms with Crippen LogP contribution in [0.15, 0.2) is 42.5 Å². The Morgan fingerprint density at radius 2 is 2.00 bits per heavy atom. The quantitative estimate of drug-likeness (QED) is 0.705. The van der Waals surface area contributed by atoms with Gasteiger partial charge in [0.25, 0.3) is 0 Å². The van der Waals surface area contributed by atoms with Crippen LogP contribution < -0.4 is 0 Å². The molecule has 76 valence electrons. The molecule has 1 heteroatoms. The smallest absolute Gasteiger partial charge is 0.0790 e. The molecular formula is C13H18O. The first-order chi connectivity index (χ1) is 6.70. The Morgan fingerprint density at radius 1 is 1.36 bits per heavy atom. The molecular weight excluding hydrogens is 172 g/mol. The average Bonchev–Trinajstić information content (AvgIpc) is 2.18. The van der Waals surface area contributed by atoms with Crippen molar-refractivity contribution in [2.24, 2.45) is 0 Å². The van der Waals surface area contributed by atoms with Crippen molar-refractivity contribution in [2.45, 2.75) is 32.3 Å². The van der Waals surface area contributed by atoms with Crippen molar-refractivity contribution in [3.63, 3.8) is 0 Å². The second kappa shape index (κ2) is 5.61. The SMILES string of the molecule is C=C(C)CCCC(O)c1ccccc1. The molecule has 0 aliphatic rings. The molecule has 0 spiro atoms. The van der Waals surface area contributed by atoms with Crippen LogP contribution in [0, 0.1) is 0 Å². The van der Waals surface area contributed by atoms with Crippen LogP contribution >= 0.6 is 0 Å². The maximum absolute atomic E-state index is 9.80. The number of hydrogen-bond donors (Lipinski definition) is 1. The zero-order valence-electron chi connectivity index (χ0n) is 8.74. The van der Waals surface area contributed by atoms with Crippen molar-refractivity contribution in [2.75, 3.05) is 0 Å².